The Bertz CT molecular complexity index is 1600. The maximum atomic E-state index is 13.0. The molecule has 0 aliphatic rings. The number of carbonyl (C=O) groups is 2. The molecule has 0 aliphatic carbocycles. The molecule has 0 radical (unpaired) electrons. The maximum Gasteiger partial charge on any atom is 0.323 e. The number of aliphatic carboxylic acids is 1. The van der Waals surface area contributed by atoms with Crippen molar-refractivity contribution in [3.05, 3.63) is 142 Å². The molecule has 0 fully saturated rings. The third kappa shape index (κ3) is 5.27. The van der Waals surface area contributed by atoms with Gasteiger partial charge in [0.05, 0.1) is 0 Å². The van der Waals surface area contributed by atoms with Crippen molar-refractivity contribution in [2.45, 2.75) is 18.9 Å². The van der Waals surface area contributed by atoms with E-state index in [1.165, 1.54) is 0 Å². The van der Waals surface area contributed by atoms with Gasteiger partial charge in [-0.2, -0.15) is 0 Å². The first-order valence-corrected chi connectivity index (χ1v) is 12.4. The molecule has 5 aromatic rings. The summed E-state index contributed by atoms with van der Waals surface area (Å²) >= 11 is 0. The molecule has 0 unspecified atom stereocenters. The topological polar surface area (TPSA) is 104 Å². The fourth-order valence-corrected chi connectivity index (χ4v) is 4.88. The van der Waals surface area contributed by atoms with Crippen LogP contribution in [0, 0.1) is 0 Å². The van der Waals surface area contributed by atoms with Crippen LogP contribution in [-0.4, -0.2) is 33.1 Å². The van der Waals surface area contributed by atoms with E-state index in [0.29, 0.717) is 28.5 Å². The Labute approximate surface area is 219 Å². The Balaban J connectivity index is 1.35. The summed E-state index contributed by atoms with van der Waals surface area (Å²) in [4.78, 5) is 39.7. The van der Waals surface area contributed by atoms with Crippen LogP contribution in [0.5, 0.6) is 0 Å². The van der Waals surface area contributed by atoms with Gasteiger partial charge in [-0.25, -0.2) is 0 Å². The van der Waals surface area contributed by atoms with Gasteiger partial charge in [0.1, 0.15) is 6.54 Å². The van der Waals surface area contributed by atoms with Crippen molar-refractivity contribution in [3.8, 4) is 0 Å². The number of aromatic nitrogens is 2. The zero-order chi connectivity index (χ0) is 26.5. The number of aromatic amines is 1. The summed E-state index contributed by atoms with van der Waals surface area (Å²) < 4.78 is 1.59. The van der Waals surface area contributed by atoms with Crippen molar-refractivity contribution in [1.82, 2.24) is 14.9 Å². The van der Waals surface area contributed by atoms with Gasteiger partial charge >= 0.3 is 5.97 Å². The van der Waals surface area contributed by atoms with E-state index in [2.05, 4.69) is 34.6 Å². The average Bonchev–Trinajstić information content (AvgIpc) is 3.34. The van der Waals surface area contributed by atoms with Crippen LogP contribution in [0.25, 0.3) is 10.9 Å². The van der Waals surface area contributed by atoms with Gasteiger partial charge in [-0.1, -0.05) is 66.7 Å². The molecule has 0 spiro atoms. The van der Waals surface area contributed by atoms with Gasteiger partial charge in [0.2, 0.25) is 0 Å². The van der Waals surface area contributed by atoms with Crippen molar-refractivity contribution >= 4 is 22.8 Å². The third-order valence-electron chi connectivity index (χ3n) is 6.65. The highest BCUT2D eigenvalue weighted by molar-refractivity contribution is 6.06. The number of nitrogens with one attached hydrogen (secondary N) is 2. The summed E-state index contributed by atoms with van der Waals surface area (Å²) in [5.74, 6) is -1.27. The molecular weight excluding hydrogens is 478 g/mol. The molecule has 7 heteroatoms. The fourth-order valence-electron chi connectivity index (χ4n) is 4.88. The predicted octanol–water partition coefficient (Wildman–Crippen LogP) is 4.57. The van der Waals surface area contributed by atoms with E-state index >= 15 is 0 Å². The molecule has 1 amide bonds. The first-order chi connectivity index (χ1) is 18.5. The molecule has 2 aromatic heterocycles. The molecule has 7 nitrogen and oxygen atoms in total. The lowest BCUT2D eigenvalue weighted by Gasteiger charge is -2.19. The molecule has 190 valence electrons. The quantitative estimate of drug-likeness (QED) is 0.273. The van der Waals surface area contributed by atoms with Crippen molar-refractivity contribution in [1.29, 1.82) is 0 Å². The highest BCUT2D eigenvalue weighted by atomic mass is 16.4. The first kappa shape index (κ1) is 24.8. The van der Waals surface area contributed by atoms with Crippen molar-refractivity contribution < 1.29 is 14.7 Å². The molecular formula is C31H27N3O4. The second-order valence-electron chi connectivity index (χ2n) is 9.12. The molecule has 0 saturated heterocycles. The minimum atomic E-state index is -0.952. The molecule has 2 heterocycles. The number of pyridine rings is 1. The fraction of sp³-hybridized carbons (Fsp3) is 0.129. The van der Waals surface area contributed by atoms with Crippen LogP contribution in [0.1, 0.15) is 38.5 Å². The van der Waals surface area contributed by atoms with Gasteiger partial charge in [-0.05, 0) is 47.4 Å². The second kappa shape index (κ2) is 11.0. The predicted molar refractivity (Wildman–Crippen MR) is 147 cm³/mol. The van der Waals surface area contributed by atoms with E-state index in [1.54, 1.807) is 41.2 Å². The zero-order valence-corrected chi connectivity index (χ0v) is 20.6. The normalized spacial score (nSPS) is 11.1. The van der Waals surface area contributed by atoms with Crippen LogP contribution < -0.4 is 10.9 Å². The van der Waals surface area contributed by atoms with Crippen LogP contribution in [0.3, 0.4) is 0 Å². The van der Waals surface area contributed by atoms with E-state index in [9.17, 15) is 14.4 Å². The molecule has 0 bridgehead atoms. The molecule has 38 heavy (non-hydrogen) atoms. The highest BCUT2D eigenvalue weighted by Gasteiger charge is 2.18. The van der Waals surface area contributed by atoms with Crippen molar-refractivity contribution in [2.75, 3.05) is 6.54 Å². The van der Waals surface area contributed by atoms with Crippen LogP contribution in [-0.2, 0) is 17.8 Å². The summed E-state index contributed by atoms with van der Waals surface area (Å²) in [6.45, 7) is 0.0968. The van der Waals surface area contributed by atoms with Crippen molar-refractivity contribution in [2.24, 2.45) is 0 Å². The Kier molecular flexibility index (Phi) is 7.17. The Morgan fingerprint density at radius 1 is 0.868 bits per heavy atom. The first-order valence-electron chi connectivity index (χ1n) is 12.4. The summed E-state index contributed by atoms with van der Waals surface area (Å²) in [7, 11) is 0. The number of rotatable bonds is 9. The van der Waals surface area contributed by atoms with Crippen LogP contribution in [0.2, 0.25) is 0 Å². The highest BCUT2D eigenvalue weighted by Crippen LogP contribution is 2.31. The second-order valence-corrected chi connectivity index (χ2v) is 9.12. The van der Waals surface area contributed by atoms with Crippen molar-refractivity contribution in [3.63, 3.8) is 0 Å². The summed E-state index contributed by atoms with van der Waals surface area (Å²) in [6, 6.07) is 29.2. The number of carboxylic acid groups (broad SMARTS) is 1. The lowest BCUT2D eigenvalue weighted by Crippen LogP contribution is -2.27. The van der Waals surface area contributed by atoms with Gasteiger partial charge in [-0.3, -0.25) is 14.4 Å². The lowest BCUT2D eigenvalue weighted by atomic mass is 9.85. The van der Waals surface area contributed by atoms with Gasteiger partial charge in [0, 0.05) is 46.9 Å². The molecule has 3 aromatic carbocycles. The number of hydrogen-bond acceptors (Lipinski definition) is 3. The number of fused-ring (bicyclic) bond motifs is 1. The molecule has 0 aliphatic heterocycles. The van der Waals surface area contributed by atoms with Gasteiger partial charge < -0.3 is 20.0 Å². The number of carbonyl (C=O) groups excluding carboxylic acids is 1. The summed E-state index contributed by atoms with van der Waals surface area (Å²) in [5.41, 5.74) is 4.74. The van der Waals surface area contributed by atoms with Crippen LogP contribution in [0.15, 0.2) is 108 Å². The average molecular weight is 506 g/mol. The minimum Gasteiger partial charge on any atom is -0.480 e. The number of benzene rings is 3. The Hall–Kier alpha value is -4.91. The Morgan fingerprint density at radius 3 is 2.21 bits per heavy atom. The SMILES string of the molecule is O=C(O)Cn1ccc2c(C(=O)NCCc3cc(C(c4ccccc4)c4ccccc4)c[nH]c3=O)cccc21. The van der Waals surface area contributed by atoms with Crippen LogP contribution >= 0.6 is 0 Å². The number of amides is 1. The number of carboxylic acids is 1. The number of H-pyrrole nitrogens is 1. The molecule has 5 rings (SSSR count). The smallest absolute Gasteiger partial charge is 0.323 e. The van der Waals surface area contributed by atoms with Gasteiger partial charge in [0.25, 0.3) is 11.5 Å². The molecule has 0 saturated carbocycles. The van der Waals surface area contributed by atoms with E-state index in [0.717, 1.165) is 16.7 Å². The molecule has 0 atom stereocenters. The van der Waals surface area contributed by atoms with E-state index in [-0.39, 0.29) is 30.5 Å². The largest absolute Gasteiger partial charge is 0.480 e. The lowest BCUT2D eigenvalue weighted by molar-refractivity contribution is -0.137. The van der Waals surface area contributed by atoms with E-state index in [1.807, 2.05) is 42.5 Å². The van der Waals surface area contributed by atoms with E-state index < -0.39 is 5.97 Å². The summed E-state index contributed by atoms with van der Waals surface area (Å²) in [6.07, 6.45) is 3.79. The summed E-state index contributed by atoms with van der Waals surface area (Å²) in [5, 5.41) is 12.7. The van der Waals surface area contributed by atoms with E-state index in [4.69, 9.17) is 5.11 Å². The number of hydrogen-bond donors (Lipinski definition) is 3. The number of nitrogens with zero attached hydrogens (tertiary/aromatic N) is 1. The maximum absolute atomic E-state index is 13.0. The molecule has 3 N–H and O–H groups in total. The van der Waals surface area contributed by atoms with Gasteiger partial charge in [-0.15, -0.1) is 0 Å². The minimum absolute atomic E-state index is 0.0463. The zero-order valence-electron chi connectivity index (χ0n) is 20.6. The van der Waals surface area contributed by atoms with Crippen LogP contribution in [0.4, 0.5) is 0 Å². The third-order valence-corrected chi connectivity index (χ3v) is 6.65. The standard InChI is InChI=1S/C31H27N3O4/c35-28(36)20-34-17-15-25-26(12-7-13-27(25)34)31(38)32-16-14-23-18-24(19-33-30(23)37)29(21-8-3-1-4-9-21)22-10-5-2-6-11-22/h1-13,15,17-19,29H,14,16,20H2,(H,32,38)(H,33,37)(H,35,36). The monoisotopic (exact) mass is 505 g/mol. The van der Waals surface area contributed by atoms with Gasteiger partial charge in [0.15, 0.2) is 0 Å². The Morgan fingerprint density at radius 2 is 1.55 bits per heavy atom.